The van der Waals surface area contributed by atoms with Crippen molar-refractivity contribution in [2.45, 2.75) is 43.2 Å². The summed E-state index contributed by atoms with van der Waals surface area (Å²) in [6, 6.07) is 6.77. The predicted molar refractivity (Wildman–Crippen MR) is 86.9 cm³/mol. The number of aromatic nitrogens is 1. The zero-order chi connectivity index (χ0) is 15.7. The number of hydrogen-bond donors (Lipinski definition) is 1. The zero-order valence-electron chi connectivity index (χ0n) is 12.6. The molecule has 6 heteroatoms. The van der Waals surface area contributed by atoms with Gasteiger partial charge in [-0.05, 0) is 31.9 Å². The van der Waals surface area contributed by atoms with Crippen LogP contribution in [0.15, 0.2) is 41.6 Å². The van der Waals surface area contributed by atoms with E-state index in [1.54, 1.807) is 34.9 Å². The van der Waals surface area contributed by atoms with Gasteiger partial charge < -0.3 is 5.73 Å². The van der Waals surface area contributed by atoms with Crippen LogP contribution in [-0.4, -0.2) is 36.3 Å². The predicted octanol–water partition coefficient (Wildman–Crippen LogP) is 2.13. The molecule has 1 fully saturated rings. The number of benzene rings is 1. The van der Waals surface area contributed by atoms with Crippen LogP contribution in [0.1, 0.15) is 26.2 Å². The minimum absolute atomic E-state index is 0.129. The number of nitrogens with zero attached hydrogens (tertiary/aromatic N) is 2. The number of rotatable bonds is 3. The third-order valence-electron chi connectivity index (χ3n) is 4.33. The molecule has 0 radical (unpaired) electrons. The third-order valence-corrected chi connectivity index (χ3v) is 6.32. The molecule has 1 saturated heterocycles. The van der Waals surface area contributed by atoms with Crippen molar-refractivity contribution in [3.05, 3.63) is 36.7 Å². The van der Waals surface area contributed by atoms with E-state index in [9.17, 15) is 8.42 Å². The molecule has 1 aromatic heterocycles. The van der Waals surface area contributed by atoms with Crippen LogP contribution in [-0.2, 0) is 10.0 Å². The van der Waals surface area contributed by atoms with Gasteiger partial charge in [-0.15, -0.1) is 0 Å². The Morgan fingerprint density at radius 1 is 1.32 bits per heavy atom. The maximum atomic E-state index is 13.2. The summed E-state index contributed by atoms with van der Waals surface area (Å²) in [4.78, 5) is 4.41. The van der Waals surface area contributed by atoms with Crippen molar-refractivity contribution in [2.24, 2.45) is 5.73 Å². The van der Waals surface area contributed by atoms with Gasteiger partial charge >= 0.3 is 0 Å². The molecule has 0 spiro atoms. The highest BCUT2D eigenvalue weighted by Crippen LogP contribution is 2.30. The van der Waals surface area contributed by atoms with Crippen LogP contribution < -0.4 is 5.73 Å². The fourth-order valence-electron chi connectivity index (χ4n) is 3.20. The van der Waals surface area contributed by atoms with Crippen molar-refractivity contribution < 1.29 is 8.42 Å². The Morgan fingerprint density at radius 3 is 2.91 bits per heavy atom. The van der Waals surface area contributed by atoms with E-state index >= 15 is 0 Å². The zero-order valence-corrected chi connectivity index (χ0v) is 13.5. The average Bonchev–Trinajstić information content (AvgIpc) is 2.54. The van der Waals surface area contributed by atoms with Crippen molar-refractivity contribution in [2.75, 3.05) is 6.54 Å². The summed E-state index contributed by atoms with van der Waals surface area (Å²) >= 11 is 0. The van der Waals surface area contributed by atoms with Gasteiger partial charge in [0.25, 0.3) is 0 Å². The van der Waals surface area contributed by atoms with E-state index in [4.69, 9.17) is 5.73 Å². The van der Waals surface area contributed by atoms with Gasteiger partial charge in [0.1, 0.15) is 0 Å². The lowest BCUT2D eigenvalue weighted by molar-refractivity contribution is 0.227. The molecule has 1 aliphatic rings. The smallest absolute Gasteiger partial charge is 0.243 e. The van der Waals surface area contributed by atoms with E-state index < -0.39 is 10.0 Å². The number of hydrogen-bond acceptors (Lipinski definition) is 4. The van der Waals surface area contributed by atoms with Crippen LogP contribution in [0.5, 0.6) is 0 Å². The average molecular weight is 319 g/mol. The molecular weight excluding hydrogens is 298 g/mol. The number of pyridine rings is 1. The minimum Gasteiger partial charge on any atom is -0.326 e. The molecule has 1 aromatic carbocycles. The molecule has 22 heavy (non-hydrogen) atoms. The lowest BCUT2D eigenvalue weighted by Gasteiger charge is -2.37. The molecule has 0 amide bonds. The molecule has 2 atom stereocenters. The van der Waals surface area contributed by atoms with Gasteiger partial charge in [-0.2, -0.15) is 4.31 Å². The van der Waals surface area contributed by atoms with Crippen molar-refractivity contribution in [1.82, 2.24) is 9.29 Å². The van der Waals surface area contributed by atoms with E-state index in [0.717, 1.165) is 24.6 Å². The molecule has 0 unspecified atom stereocenters. The van der Waals surface area contributed by atoms with Gasteiger partial charge in [-0.3, -0.25) is 4.98 Å². The SMILES string of the molecule is C[C@@H](N)[C@@H]1CCCCN1S(=O)(=O)c1cccc2cnccc12. The second-order valence-corrected chi connectivity index (χ2v) is 7.75. The number of sulfonamides is 1. The fourth-order valence-corrected chi connectivity index (χ4v) is 5.19. The van der Waals surface area contributed by atoms with Gasteiger partial charge in [-0.1, -0.05) is 18.6 Å². The van der Waals surface area contributed by atoms with Gasteiger partial charge in [0.05, 0.1) is 4.90 Å². The Morgan fingerprint density at radius 2 is 2.14 bits per heavy atom. The van der Waals surface area contributed by atoms with Crippen LogP contribution in [0.25, 0.3) is 10.8 Å². The molecule has 0 aliphatic carbocycles. The number of nitrogens with two attached hydrogens (primary N) is 1. The quantitative estimate of drug-likeness (QED) is 0.940. The Kier molecular flexibility index (Phi) is 4.16. The maximum Gasteiger partial charge on any atom is 0.243 e. The summed E-state index contributed by atoms with van der Waals surface area (Å²) in [6.45, 7) is 2.42. The van der Waals surface area contributed by atoms with E-state index in [0.29, 0.717) is 16.8 Å². The van der Waals surface area contributed by atoms with Crippen LogP contribution >= 0.6 is 0 Å². The normalized spacial score (nSPS) is 21.8. The highest BCUT2D eigenvalue weighted by molar-refractivity contribution is 7.89. The first-order valence-corrected chi connectivity index (χ1v) is 9.06. The highest BCUT2D eigenvalue weighted by Gasteiger charge is 2.35. The van der Waals surface area contributed by atoms with Crippen LogP contribution in [0.3, 0.4) is 0 Å². The summed E-state index contributed by atoms with van der Waals surface area (Å²) in [7, 11) is -3.56. The first-order chi connectivity index (χ1) is 10.5. The molecule has 2 aromatic rings. The Labute approximate surface area is 131 Å². The summed E-state index contributed by atoms with van der Waals surface area (Å²) in [5.41, 5.74) is 6.03. The molecule has 1 aliphatic heterocycles. The van der Waals surface area contributed by atoms with E-state index in [1.807, 2.05) is 13.0 Å². The van der Waals surface area contributed by atoms with E-state index in [1.165, 1.54) is 0 Å². The lowest BCUT2D eigenvalue weighted by Crippen LogP contribution is -2.51. The monoisotopic (exact) mass is 319 g/mol. The van der Waals surface area contributed by atoms with E-state index in [2.05, 4.69) is 4.98 Å². The molecule has 2 heterocycles. The van der Waals surface area contributed by atoms with Gasteiger partial charge in [0.15, 0.2) is 0 Å². The summed E-state index contributed by atoms with van der Waals surface area (Å²) < 4.78 is 27.9. The Balaban J connectivity index is 2.11. The number of piperidine rings is 1. The second kappa shape index (κ2) is 5.95. The lowest BCUT2D eigenvalue weighted by atomic mass is 10.00. The van der Waals surface area contributed by atoms with Crippen LogP contribution in [0, 0.1) is 0 Å². The Bertz CT molecular complexity index is 769. The van der Waals surface area contributed by atoms with Crippen molar-refractivity contribution in [1.29, 1.82) is 0 Å². The third kappa shape index (κ3) is 2.62. The minimum atomic E-state index is -3.56. The summed E-state index contributed by atoms with van der Waals surface area (Å²) in [5.74, 6) is 0. The van der Waals surface area contributed by atoms with Crippen molar-refractivity contribution in [3.8, 4) is 0 Å². The van der Waals surface area contributed by atoms with Gasteiger partial charge in [0.2, 0.25) is 10.0 Å². The summed E-state index contributed by atoms with van der Waals surface area (Å²) in [6.07, 6.45) is 6.05. The van der Waals surface area contributed by atoms with E-state index in [-0.39, 0.29) is 12.1 Å². The molecule has 0 saturated carbocycles. The standard InChI is InChI=1S/C16H21N3O2S/c1-12(17)15-6-2-3-10-19(15)22(20,21)16-7-4-5-13-11-18-9-8-14(13)16/h4-5,7-9,11-12,15H,2-3,6,10,17H2,1H3/t12-,15+/m1/s1. The highest BCUT2D eigenvalue weighted by atomic mass is 32.2. The second-order valence-electron chi connectivity index (χ2n) is 5.89. The molecule has 118 valence electrons. The molecular formula is C16H21N3O2S. The molecule has 2 N–H and O–H groups in total. The fraction of sp³-hybridized carbons (Fsp3) is 0.438. The van der Waals surface area contributed by atoms with Crippen molar-refractivity contribution >= 4 is 20.8 Å². The van der Waals surface area contributed by atoms with Crippen molar-refractivity contribution in [3.63, 3.8) is 0 Å². The summed E-state index contributed by atoms with van der Waals surface area (Å²) in [5, 5.41) is 1.55. The Hall–Kier alpha value is -1.50. The molecule has 5 nitrogen and oxygen atoms in total. The molecule has 3 rings (SSSR count). The topological polar surface area (TPSA) is 76.3 Å². The van der Waals surface area contributed by atoms with Crippen LogP contribution in [0.4, 0.5) is 0 Å². The first kappa shape index (κ1) is 15.4. The largest absolute Gasteiger partial charge is 0.326 e. The first-order valence-electron chi connectivity index (χ1n) is 7.62. The maximum absolute atomic E-state index is 13.2. The van der Waals surface area contributed by atoms with Gasteiger partial charge in [0, 0.05) is 41.8 Å². The molecule has 0 bridgehead atoms. The number of fused-ring (bicyclic) bond motifs is 1. The van der Waals surface area contributed by atoms with Crippen LogP contribution in [0.2, 0.25) is 0 Å². The van der Waals surface area contributed by atoms with Gasteiger partial charge in [-0.25, -0.2) is 8.42 Å².